The number of sulfonamides is 1. The van der Waals surface area contributed by atoms with Crippen molar-refractivity contribution in [1.29, 1.82) is 0 Å². The van der Waals surface area contributed by atoms with Gasteiger partial charge >= 0.3 is 0 Å². The number of amides is 1. The predicted molar refractivity (Wildman–Crippen MR) is 102 cm³/mol. The molecule has 1 aliphatic heterocycles. The highest BCUT2D eigenvalue weighted by molar-refractivity contribution is 14.1. The van der Waals surface area contributed by atoms with Crippen molar-refractivity contribution in [1.82, 2.24) is 0 Å². The number of carbonyl (C=O) groups excluding carboxylic acids is 1. The molecule has 120 valence electrons. The van der Waals surface area contributed by atoms with Gasteiger partial charge in [0.2, 0.25) is 0 Å². The van der Waals surface area contributed by atoms with Gasteiger partial charge in [-0.2, -0.15) is 0 Å². The van der Waals surface area contributed by atoms with Gasteiger partial charge in [-0.1, -0.05) is 12.1 Å². The zero-order valence-electron chi connectivity index (χ0n) is 12.2. The minimum absolute atomic E-state index is 0.151. The van der Waals surface area contributed by atoms with Crippen molar-refractivity contribution in [2.24, 2.45) is 0 Å². The minimum atomic E-state index is -3.77. The van der Waals surface area contributed by atoms with Crippen molar-refractivity contribution in [3.63, 3.8) is 0 Å². The van der Waals surface area contributed by atoms with Gasteiger partial charge in [-0.3, -0.25) is 9.52 Å². The molecule has 0 bridgehead atoms. The van der Waals surface area contributed by atoms with Crippen LogP contribution in [0.1, 0.15) is 10.4 Å². The molecule has 3 aromatic rings. The lowest BCUT2D eigenvalue weighted by molar-refractivity contribution is 0.103. The average molecular weight is 450 g/mol. The highest BCUT2D eigenvalue weighted by Gasteiger charge is 2.26. The van der Waals surface area contributed by atoms with E-state index < -0.39 is 10.0 Å². The third kappa shape index (κ3) is 2.44. The number of nitrogens with one attached hydrogen (secondary N) is 2. The Morgan fingerprint density at radius 3 is 2.46 bits per heavy atom. The number of hydrogen-bond acceptors (Lipinski definition) is 3. The zero-order valence-corrected chi connectivity index (χ0v) is 15.2. The number of hydrogen-bond donors (Lipinski definition) is 2. The van der Waals surface area contributed by atoms with Gasteiger partial charge in [-0.05, 0) is 65.1 Å². The summed E-state index contributed by atoms with van der Waals surface area (Å²) >= 11 is 2.16. The topological polar surface area (TPSA) is 75.3 Å². The van der Waals surface area contributed by atoms with Crippen LogP contribution in [-0.2, 0) is 10.0 Å². The van der Waals surface area contributed by atoms with Gasteiger partial charge in [0.05, 0.1) is 4.90 Å². The molecule has 0 aromatic heterocycles. The molecule has 0 saturated heterocycles. The molecule has 0 atom stereocenters. The Bertz CT molecular complexity index is 1090. The van der Waals surface area contributed by atoms with Crippen LogP contribution in [0.15, 0.2) is 59.5 Å². The molecule has 1 aliphatic rings. The maximum Gasteiger partial charge on any atom is 0.262 e. The molecule has 0 saturated carbocycles. The van der Waals surface area contributed by atoms with Crippen molar-refractivity contribution in [2.45, 2.75) is 4.90 Å². The molecule has 0 radical (unpaired) electrons. The fraction of sp³-hybridized carbons (Fsp3) is 0. The highest BCUT2D eigenvalue weighted by Crippen LogP contribution is 2.36. The van der Waals surface area contributed by atoms with Gasteiger partial charge in [0, 0.05) is 31.3 Å². The lowest BCUT2D eigenvalue weighted by Crippen LogP contribution is -2.13. The molecule has 1 amide bonds. The Kier molecular flexibility index (Phi) is 3.50. The maximum absolute atomic E-state index is 12.8. The second-order valence-electron chi connectivity index (χ2n) is 5.41. The minimum Gasteiger partial charge on any atom is -0.321 e. The van der Waals surface area contributed by atoms with E-state index in [-0.39, 0.29) is 10.8 Å². The molecule has 1 heterocycles. The first-order chi connectivity index (χ1) is 11.5. The summed E-state index contributed by atoms with van der Waals surface area (Å²) < 4.78 is 29.2. The van der Waals surface area contributed by atoms with Gasteiger partial charge in [0.1, 0.15) is 0 Å². The van der Waals surface area contributed by atoms with Crippen molar-refractivity contribution >= 4 is 60.7 Å². The Balaban J connectivity index is 1.86. The molecular weight excluding hydrogens is 439 g/mol. The summed E-state index contributed by atoms with van der Waals surface area (Å²) in [6.07, 6.45) is 0. The SMILES string of the molecule is O=C1Nc2ccc(S(=O)(=O)Nc3ccc(I)cc3)c3cccc1c23. The van der Waals surface area contributed by atoms with E-state index in [4.69, 9.17) is 0 Å². The number of benzene rings is 3. The van der Waals surface area contributed by atoms with Crippen LogP contribution in [0.25, 0.3) is 10.8 Å². The quantitative estimate of drug-likeness (QED) is 0.596. The van der Waals surface area contributed by atoms with E-state index in [9.17, 15) is 13.2 Å². The van der Waals surface area contributed by atoms with Crippen molar-refractivity contribution in [2.75, 3.05) is 10.0 Å². The summed E-state index contributed by atoms with van der Waals surface area (Å²) in [7, 11) is -3.77. The first-order valence-corrected chi connectivity index (χ1v) is 9.67. The highest BCUT2D eigenvalue weighted by atomic mass is 127. The van der Waals surface area contributed by atoms with Gasteiger partial charge in [0.25, 0.3) is 15.9 Å². The van der Waals surface area contributed by atoms with Crippen molar-refractivity contribution in [3.8, 4) is 0 Å². The van der Waals surface area contributed by atoms with Crippen LogP contribution < -0.4 is 10.0 Å². The summed E-state index contributed by atoms with van der Waals surface area (Å²) in [6, 6.07) is 15.3. The van der Waals surface area contributed by atoms with Gasteiger partial charge < -0.3 is 5.32 Å². The normalized spacial score (nSPS) is 13.1. The molecule has 7 heteroatoms. The van der Waals surface area contributed by atoms with Crippen LogP contribution >= 0.6 is 22.6 Å². The number of halogens is 1. The zero-order chi connectivity index (χ0) is 16.9. The molecule has 0 spiro atoms. The molecule has 0 aliphatic carbocycles. The lowest BCUT2D eigenvalue weighted by Gasteiger charge is -2.11. The first-order valence-electron chi connectivity index (χ1n) is 7.11. The van der Waals surface area contributed by atoms with Crippen LogP contribution in [0.4, 0.5) is 11.4 Å². The third-order valence-electron chi connectivity index (χ3n) is 3.88. The fourth-order valence-electron chi connectivity index (χ4n) is 2.83. The monoisotopic (exact) mass is 450 g/mol. The Hall–Kier alpha value is -2.13. The predicted octanol–water partition coefficient (Wildman–Crippen LogP) is 3.81. The summed E-state index contributed by atoms with van der Waals surface area (Å²) in [5.41, 5.74) is 1.63. The smallest absolute Gasteiger partial charge is 0.262 e. The standard InChI is InChI=1S/C17H11IN2O3S/c18-10-4-6-11(7-5-10)20-24(22,23)15-9-8-14-16-12(15)2-1-3-13(16)17(21)19-14/h1-9,20H,(H,19,21). The Morgan fingerprint density at radius 1 is 0.958 bits per heavy atom. The number of carbonyl (C=O) groups is 1. The van der Waals surface area contributed by atoms with Gasteiger partial charge in [0.15, 0.2) is 0 Å². The van der Waals surface area contributed by atoms with Crippen LogP contribution in [0.2, 0.25) is 0 Å². The Labute approximate surface area is 152 Å². The van der Waals surface area contributed by atoms with E-state index in [1.165, 1.54) is 6.07 Å². The lowest BCUT2D eigenvalue weighted by atomic mass is 10.1. The van der Waals surface area contributed by atoms with Crippen LogP contribution in [0.3, 0.4) is 0 Å². The average Bonchev–Trinajstić information content (AvgIpc) is 2.88. The van der Waals surface area contributed by atoms with E-state index >= 15 is 0 Å². The summed E-state index contributed by atoms with van der Waals surface area (Å²) in [4.78, 5) is 12.1. The number of anilines is 2. The molecule has 4 rings (SSSR count). The second-order valence-corrected chi connectivity index (χ2v) is 8.30. The van der Waals surface area contributed by atoms with Crippen LogP contribution in [-0.4, -0.2) is 14.3 Å². The first kappa shape index (κ1) is 15.4. The van der Waals surface area contributed by atoms with E-state index in [0.717, 1.165) is 3.57 Å². The van der Waals surface area contributed by atoms with Crippen molar-refractivity contribution < 1.29 is 13.2 Å². The molecule has 3 aromatic carbocycles. The molecule has 24 heavy (non-hydrogen) atoms. The van der Waals surface area contributed by atoms with Crippen LogP contribution in [0, 0.1) is 3.57 Å². The van der Waals surface area contributed by atoms with Gasteiger partial charge in [-0.25, -0.2) is 8.42 Å². The third-order valence-corrected chi connectivity index (χ3v) is 6.04. The summed E-state index contributed by atoms with van der Waals surface area (Å²) in [5.74, 6) is -0.212. The van der Waals surface area contributed by atoms with Gasteiger partial charge in [-0.15, -0.1) is 0 Å². The van der Waals surface area contributed by atoms with E-state index in [1.54, 1.807) is 36.4 Å². The maximum atomic E-state index is 12.8. The summed E-state index contributed by atoms with van der Waals surface area (Å²) in [5, 5.41) is 3.93. The van der Waals surface area contributed by atoms with E-state index in [0.29, 0.717) is 27.7 Å². The number of rotatable bonds is 3. The van der Waals surface area contributed by atoms with E-state index in [2.05, 4.69) is 32.6 Å². The molecular formula is C17H11IN2O3S. The van der Waals surface area contributed by atoms with E-state index in [1.807, 2.05) is 12.1 Å². The summed E-state index contributed by atoms with van der Waals surface area (Å²) in [6.45, 7) is 0. The van der Waals surface area contributed by atoms with Crippen molar-refractivity contribution in [3.05, 3.63) is 63.7 Å². The molecule has 0 fully saturated rings. The molecule has 2 N–H and O–H groups in total. The van der Waals surface area contributed by atoms with Crippen LogP contribution in [0.5, 0.6) is 0 Å². The largest absolute Gasteiger partial charge is 0.321 e. The molecule has 5 nitrogen and oxygen atoms in total. The Morgan fingerprint density at radius 2 is 1.71 bits per heavy atom. The second kappa shape index (κ2) is 5.45. The fourth-order valence-corrected chi connectivity index (χ4v) is 4.45. The molecule has 0 unspecified atom stereocenters.